The van der Waals surface area contributed by atoms with Crippen molar-refractivity contribution >= 4 is 58.0 Å². The molecule has 0 spiro atoms. The summed E-state index contributed by atoms with van der Waals surface area (Å²) >= 11 is 4.16. The number of fused-ring (bicyclic) bond motifs is 6. The zero-order chi connectivity index (χ0) is 39.1. The molecule has 0 aliphatic carbocycles. The molecule has 4 aromatic rings. The molecule has 2 aromatic carbocycles. The van der Waals surface area contributed by atoms with Crippen molar-refractivity contribution in [1.29, 1.82) is 0 Å². The fraction of sp³-hybridized carbons (Fsp3) is 0.439. The highest BCUT2D eigenvalue weighted by atomic mass is 32.2. The van der Waals surface area contributed by atoms with Crippen LogP contribution in [0, 0.1) is 0 Å². The zero-order valence-electron chi connectivity index (χ0n) is 31.8. The van der Waals surface area contributed by atoms with Crippen LogP contribution < -0.4 is 14.7 Å². The number of quaternary nitrogens is 1. The summed E-state index contributed by atoms with van der Waals surface area (Å²) < 4.78 is 23.4. The van der Waals surface area contributed by atoms with Gasteiger partial charge in [0.1, 0.15) is 36.1 Å². The van der Waals surface area contributed by atoms with Crippen LogP contribution in [0.2, 0.25) is 0 Å². The fourth-order valence-corrected chi connectivity index (χ4v) is 11.1. The smallest absolute Gasteiger partial charge is 0.306 e. The number of esters is 2. The number of carbonyl (C=O) groups excluding carboxylic acids is 3. The Hall–Kier alpha value is -3.76. The number of amides is 1. The Labute approximate surface area is 334 Å². The zero-order valence-corrected chi connectivity index (χ0v) is 34.2. The van der Waals surface area contributed by atoms with E-state index in [4.69, 9.17) is 18.9 Å². The first-order chi connectivity index (χ1) is 26.3. The van der Waals surface area contributed by atoms with E-state index in [2.05, 4.69) is 14.1 Å². The molecule has 6 heterocycles. The van der Waals surface area contributed by atoms with Crippen molar-refractivity contribution in [3.8, 4) is 5.75 Å². The molecule has 0 radical (unpaired) electrons. The number of benzene rings is 2. The molecular formula is C41H47N3O8S3. The SMILES string of the molecule is COc1ccc([C@@H]2Sc3ccccc3N(CCN(C)C)C(=O)[C@@H]2OC(C)=O)cc1.C[N+]1(C)[C@@H]2CC(OC(=O)C([O-])(c3cccs3)c3cccs3)C[C@H]1[C@@H]1O[C@@H]12. The number of para-hydroxylation sites is 1. The van der Waals surface area contributed by atoms with Crippen LogP contribution in [0.1, 0.15) is 40.3 Å². The summed E-state index contributed by atoms with van der Waals surface area (Å²) in [6, 6.07) is 23.1. The molecule has 292 valence electrons. The molecule has 14 heteroatoms. The van der Waals surface area contributed by atoms with Gasteiger partial charge in [-0.3, -0.25) is 14.4 Å². The Morgan fingerprint density at radius 1 is 0.927 bits per heavy atom. The van der Waals surface area contributed by atoms with E-state index in [0.29, 0.717) is 47.1 Å². The number of ether oxygens (including phenoxy) is 4. The van der Waals surface area contributed by atoms with Gasteiger partial charge in [-0.2, -0.15) is 0 Å². The summed E-state index contributed by atoms with van der Waals surface area (Å²) in [5.41, 5.74) is -0.222. The third-order valence-electron chi connectivity index (χ3n) is 11.0. The summed E-state index contributed by atoms with van der Waals surface area (Å²) in [7, 11) is 10.0. The number of nitrogens with zero attached hydrogens (tertiary/aromatic N) is 3. The first kappa shape index (κ1) is 39.5. The predicted octanol–water partition coefficient (Wildman–Crippen LogP) is 5.08. The van der Waals surface area contributed by atoms with E-state index in [9.17, 15) is 19.5 Å². The normalized spacial score (nSPS) is 26.2. The van der Waals surface area contributed by atoms with Gasteiger partial charge in [0.2, 0.25) is 0 Å². The van der Waals surface area contributed by atoms with Crippen LogP contribution in [0.15, 0.2) is 88.5 Å². The Bertz CT molecular complexity index is 1920. The van der Waals surface area contributed by atoms with Gasteiger partial charge in [-0.15, -0.1) is 34.4 Å². The largest absolute Gasteiger partial charge is 0.833 e. The molecule has 7 atom stereocenters. The van der Waals surface area contributed by atoms with E-state index in [1.54, 1.807) is 48.0 Å². The summed E-state index contributed by atoms with van der Waals surface area (Å²) in [6.45, 7) is 2.55. The highest BCUT2D eigenvalue weighted by Crippen LogP contribution is 2.52. The van der Waals surface area contributed by atoms with Gasteiger partial charge in [0, 0.05) is 47.5 Å². The van der Waals surface area contributed by atoms with E-state index in [1.165, 1.54) is 29.6 Å². The van der Waals surface area contributed by atoms with Gasteiger partial charge in [-0.1, -0.05) is 36.4 Å². The molecule has 3 saturated heterocycles. The Morgan fingerprint density at radius 2 is 1.55 bits per heavy atom. The number of hydrogen-bond donors (Lipinski definition) is 0. The minimum atomic E-state index is -1.97. The van der Waals surface area contributed by atoms with Gasteiger partial charge in [-0.05, 0) is 66.8 Å². The monoisotopic (exact) mass is 805 g/mol. The van der Waals surface area contributed by atoms with Crippen LogP contribution in [0.3, 0.4) is 0 Å². The second-order valence-electron chi connectivity index (χ2n) is 15.1. The minimum Gasteiger partial charge on any atom is -0.833 e. The predicted molar refractivity (Wildman–Crippen MR) is 211 cm³/mol. The van der Waals surface area contributed by atoms with Gasteiger partial charge in [0.05, 0.1) is 37.7 Å². The number of hydrogen-bond acceptors (Lipinski definition) is 12. The topological polar surface area (TPSA) is 121 Å². The van der Waals surface area contributed by atoms with Crippen molar-refractivity contribution in [2.24, 2.45) is 0 Å². The van der Waals surface area contributed by atoms with Crippen LogP contribution in [0.25, 0.3) is 0 Å². The molecule has 0 saturated carbocycles. The van der Waals surface area contributed by atoms with Crippen LogP contribution >= 0.6 is 34.4 Å². The first-order valence-electron chi connectivity index (χ1n) is 18.3. The van der Waals surface area contributed by atoms with E-state index in [1.807, 2.05) is 78.3 Å². The number of likely N-dealkylation sites (N-methyl/N-ethyl adjacent to an activating group) is 2. The lowest BCUT2D eigenvalue weighted by atomic mass is 9.95. The van der Waals surface area contributed by atoms with Gasteiger partial charge in [-0.25, -0.2) is 0 Å². The van der Waals surface area contributed by atoms with E-state index in [0.717, 1.165) is 39.2 Å². The fourth-order valence-electron chi connectivity index (χ4n) is 8.05. The minimum absolute atomic E-state index is 0.201. The van der Waals surface area contributed by atoms with Crippen LogP contribution in [-0.2, 0) is 34.2 Å². The van der Waals surface area contributed by atoms with Crippen molar-refractivity contribution in [1.82, 2.24) is 4.90 Å². The first-order valence-corrected chi connectivity index (χ1v) is 21.0. The number of rotatable bonds is 10. The number of anilines is 1. The average Bonchev–Trinajstić information content (AvgIpc) is 3.45. The highest BCUT2D eigenvalue weighted by Gasteiger charge is 2.70. The quantitative estimate of drug-likeness (QED) is 0.122. The third kappa shape index (κ3) is 7.82. The lowest BCUT2D eigenvalue weighted by molar-refractivity contribution is -0.938. The number of morpholine rings is 1. The molecule has 0 N–H and O–H groups in total. The maximum atomic E-state index is 13.7. The number of thiophene rings is 2. The summed E-state index contributed by atoms with van der Waals surface area (Å²) in [5, 5.41) is 17.0. The van der Waals surface area contributed by atoms with Crippen molar-refractivity contribution < 1.29 is 42.9 Å². The molecule has 8 rings (SSSR count). The second kappa shape index (κ2) is 16.0. The molecule has 1 amide bonds. The van der Waals surface area contributed by atoms with Crippen molar-refractivity contribution in [3.05, 3.63) is 98.9 Å². The molecule has 1 unspecified atom stereocenters. The van der Waals surface area contributed by atoms with Gasteiger partial charge < -0.3 is 38.3 Å². The molecule has 55 heavy (non-hydrogen) atoms. The highest BCUT2D eigenvalue weighted by molar-refractivity contribution is 7.99. The van der Waals surface area contributed by atoms with Crippen molar-refractivity contribution in [3.63, 3.8) is 0 Å². The number of thioether (sulfide) groups is 1. The molecule has 2 aromatic heterocycles. The third-order valence-corrected chi connectivity index (χ3v) is 14.4. The molecule has 2 bridgehead atoms. The molecule has 4 aliphatic rings. The van der Waals surface area contributed by atoms with E-state index in [-0.39, 0.29) is 17.3 Å². The molecule has 3 fully saturated rings. The Morgan fingerprint density at radius 3 is 2.09 bits per heavy atom. The number of methoxy groups -OCH3 is 1. The van der Waals surface area contributed by atoms with Crippen LogP contribution in [-0.4, -0.2) is 112 Å². The Kier molecular flexibility index (Phi) is 11.5. The van der Waals surface area contributed by atoms with E-state index < -0.39 is 23.6 Å². The molecule has 11 nitrogen and oxygen atoms in total. The molecule has 4 aliphatic heterocycles. The maximum Gasteiger partial charge on any atom is 0.306 e. The number of carbonyl (C=O) groups is 3. The lowest BCUT2D eigenvalue weighted by Gasteiger charge is -2.46. The van der Waals surface area contributed by atoms with Gasteiger partial charge in [0.25, 0.3) is 5.91 Å². The van der Waals surface area contributed by atoms with Crippen molar-refractivity contribution in [2.45, 2.75) is 72.0 Å². The van der Waals surface area contributed by atoms with Gasteiger partial charge >= 0.3 is 11.9 Å². The summed E-state index contributed by atoms with van der Waals surface area (Å²) in [6.07, 6.45) is 1.01. The summed E-state index contributed by atoms with van der Waals surface area (Å²) in [4.78, 5) is 44.2. The Balaban J connectivity index is 0.000000170. The summed E-state index contributed by atoms with van der Waals surface area (Å²) in [5.74, 6) is -0.620. The number of epoxide rings is 1. The standard InChI is InChI=1S/C22H26N2O4S.C19H21NO4S2/c1-15(25)28-20-21(16-9-11-17(27-4)12-10-16)29-19-8-6-5-7-18(19)24(22(20)26)14-13-23(2)3;1-20(2)12-9-11(10-13(20)17-16(12)24-17)23-18(21)19(22,14-5-3-7-25-14)15-6-4-8-26-15/h5-12,20-21H,13-14H2,1-4H3;3-8,11-13,16-17H,9-10H2,1-2H3/t20-,21+;11?,12-,13+,16-,17+/m1./s1. The molecular weight excluding hydrogens is 759 g/mol. The lowest BCUT2D eigenvalue weighted by Crippen LogP contribution is -2.60. The van der Waals surface area contributed by atoms with E-state index >= 15 is 0 Å². The average molecular weight is 806 g/mol. The van der Waals surface area contributed by atoms with Crippen molar-refractivity contribution in [2.75, 3.05) is 53.3 Å². The van der Waals surface area contributed by atoms with Gasteiger partial charge in [0.15, 0.2) is 6.10 Å². The maximum absolute atomic E-state index is 13.7. The number of piperidine rings is 1. The van der Waals surface area contributed by atoms with Crippen LogP contribution in [0.5, 0.6) is 5.75 Å². The van der Waals surface area contributed by atoms with Crippen LogP contribution in [0.4, 0.5) is 5.69 Å². The second-order valence-corrected chi connectivity index (χ2v) is 18.1.